The molecule has 29 heavy (non-hydrogen) atoms. The van der Waals surface area contributed by atoms with Crippen molar-refractivity contribution in [2.45, 2.75) is 28.8 Å². The number of hydrogen-bond donors (Lipinski definition) is 1. The van der Waals surface area contributed by atoms with Crippen LogP contribution in [0.1, 0.15) is 12.5 Å². The van der Waals surface area contributed by atoms with Crippen LogP contribution >= 0.6 is 23.5 Å². The van der Waals surface area contributed by atoms with Gasteiger partial charge in [-0.15, -0.1) is 0 Å². The second-order valence-electron chi connectivity index (χ2n) is 6.95. The zero-order valence-electron chi connectivity index (χ0n) is 17.1. The fourth-order valence-electron chi connectivity index (χ4n) is 3.12. The maximum absolute atomic E-state index is 12.3. The van der Waals surface area contributed by atoms with E-state index in [1.807, 2.05) is 12.1 Å². The van der Waals surface area contributed by atoms with Gasteiger partial charge in [-0.1, -0.05) is 48.6 Å². The Balaban J connectivity index is 1.43. The topological polar surface area (TPSA) is 61.4 Å². The van der Waals surface area contributed by atoms with E-state index in [9.17, 15) is 4.79 Å². The first-order valence-corrected chi connectivity index (χ1v) is 11.8. The van der Waals surface area contributed by atoms with Gasteiger partial charge in [0.2, 0.25) is 5.91 Å². The minimum absolute atomic E-state index is 0.0414. The van der Waals surface area contributed by atoms with E-state index in [4.69, 9.17) is 0 Å². The highest BCUT2D eigenvalue weighted by molar-refractivity contribution is 8.02. The summed E-state index contributed by atoms with van der Waals surface area (Å²) in [7, 11) is 0. The Morgan fingerprint density at radius 2 is 1.76 bits per heavy atom. The molecular weight excluding hydrogens is 402 g/mol. The number of carbonyl (C=O) groups is 1. The summed E-state index contributed by atoms with van der Waals surface area (Å²) in [5.74, 6) is 0.392. The molecule has 3 rings (SSSR count). The number of rotatable bonds is 9. The number of carbonyl (C=O) groups excluding carboxylic acids is 1. The summed E-state index contributed by atoms with van der Waals surface area (Å²) in [5.41, 5.74) is 1.21. The number of nitrogens with one attached hydrogen (secondary N) is 1. The molecule has 1 aromatic carbocycles. The van der Waals surface area contributed by atoms with E-state index in [0.29, 0.717) is 12.3 Å². The predicted octanol–water partition coefficient (Wildman–Crippen LogP) is 2.78. The molecule has 1 aliphatic heterocycles. The smallest absolute Gasteiger partial charge is 0.230 e. The summed E-state index contributed by atoms with van der Waals surface area (Å²) in [5, 5.41) is 4.67. The summed E-state index contributed by atoms with van der Waals surface area (Å²) >= 11 is 3.04. The fraction of sp³-hybridized carbons (Fsp3) is 0.476. The summed E-state index contributed by atoms with van der Waals surface area (Å²) < 4.78 is 0. The molecule has 1 saturated heterocycles. The van der Waals surface area contributed by atoms with Crippen LogP contribution in [0.2, 0.25) is 0 Å². The van der Waals surface area contributed by atoms with Gasteiger partial charge < -0.3 is 10.2 Å². The largest absolute Gasteiger partial charge is 0.354 e. The van der Waals surface area contributed by atoms with Crippen molar-refractivity contribution < 1.29 is 4.79 Å². The Kier molecular flexibility index (Phi) is 8.79. The SMILES string of the molecule is CCN1CCN(CCNC(=O)CSc2nccnc2Sc2ccccc2C)CC1. The van der Waals surface area contributed by atoms with Gasteiger partial charge in [-0.05, 0) is 25.1 Å². The van der Waals surface area contributed by atoms with E-state index in [1.54, 1.807) is 24.2 Å². The fourth-order valence-corrected chi connectivity index (χ4v) is 4.94. The molecule has 1 amide bonds. The lowest BCUT2D eigenvalue weighted by Gasteiger charge is -2.33. The molecule has 2 aromatic rings. The first-order chi connectivity index (χ1) is 14.2. The van der Waals surface area contributed by atoms with Crippen molar-refractivity contribution in [3.05, 3.63) is 42.2 Å². The molecule has 156 valence electrons. The van der Waals surface area contributed by atoms with Crippen molar-refractivity contribution in [3.8, 4) is 0 Å². The number of hydrogen-bond acceptors (Lipinski definition) is 7. The van der Waals surface area contributed by atoms with Crippen molar-refractivity contribution in [2.24, 2.45) is 0 Å². The zero-order chi connectivity index (χ0) is 20.5. The summed E-state index contributed by atoms with van der Waals surface area (Å²) in [4.78, 5) is 27.2. The molecular formula is C21H29N5OS2. The average molecular weight is 432 g/mol. The first kappa shape index (κ1) is 22.1. The highest BCUT2D eigenvalue weighted by Crippen LogP contribution is 2.33. The van der Waals surface area contributed by atoms with Gasteiger partial charge in [0, 0.05) is 56.6 Å². The lowest BCUT2D eigenvalue weighted by molar-refractivity contribution is -0.118. The second-order valence-corrected chi connectivity index (χ2v) is 8.94. The molecule has 6 nitrogen and oxygen atoms in total. The van der Waals surface area contributed by atoms with Gasteiger partial charge in [-0.25, -0.2) is 9.97 Å². The van der Waals surface area contributed by atoms with Crippen LogP contribution in [0.3, 0.4) is 0 Å². The molecule has 0 unspecified atom stereocenters. The van der Waals surface area contributed by atoms with Gasteiger partial charge in [0.15, 0.2) is 0 Å². The van der Waals surface area contributed by atoms with Crippen LogP contribution in [0, 0.1) is 6.92 Å². The molecule has 0 spiro atoms. The Hall–Kier alpha value is -1.61. The highest BCUT2D eigenvalue weighted by Gasteiger charge is 2.15. The van der Waals surface area contributed by atoms with E-state index >= 15 is 0 Å². The van der Waals surface area contributed by atoms with E-state index in [0.717, 1.165) is 54.2 Å². The number of likely N-dealkylation sites (N-methyl/N-ethyl adjacent to an activating group) is 1. The van der Waals surface area contributed by atoms with Gasteiger partial charge in [-0.2, -0.15) is 0 Å². The van der Waals surface area contributed by atoms with Crippen molar-refractivity contribution in [1.29, 1.82) is 0 Å². The highest BCUT2D eigenvalue weighted by atomic mass is 32.2. The normalized spacial score (nSPS) is 15.4. The molecule has 1 N–H and O–H groups in total. The molecule has 2 heterocycles. The molecule has 1 fully saturated rings. The van der Waals surface area contributed by atoms with E-state index < -0.39 is 0 Å². The maximum atomic E-state index is 12.3. The maximum Gasteiger partial charge on any atom is 0.230 e. The van der Waals surface area contributed by atoms with Crippen LogP contribution in [0.5, 0.6) is 0 Å². The van der Waals surface area contributed by atoms with Crippen LogP contribution in [0.25, 0.3) is 0 Å². The Bertz CT molecular complexity index is 796. The Morgan fingerprint density at radius 1 is 1.07 bits per heavy atom. The summed E-state index contributed by atoms with van der Waals surface area (Å²) in [6, 6.07) is 8.21. The summed E-state index contributed by atoms with van der Waals surface area (Å²) in [6.07, 6.45) is 3.38. The van der Waals surface area contributed by atoms with E-state index in [1.165, 1.54) is 17.3 Å². The monoisotopic (exact) mass is 431 g/mol. The number of aromatic nitrogens is 2. The first-order valence-electron chi connectivity index (χ1n) is 10.0. The van der Waals surface area contributed by atoms with Gasteiger partial charge in [0.25, 0.3) is 0 Å². The third-order valence-electron chi connectivity index (χ3n) is 4.94. The molecule has 0 radical (unpaired) electrons. The van der Waals surface area contributed by atoms with Gasteiger partial charge in [0.05, 0.1) is 5.75 Å². The molecule has 0 saturated carbocycles. The molecule has 0 aliphatic carbocycles. The van der Waals surface area contributed by atoms with Crippen LogP contribution in [-0.2, 0) is 4.79 Å². The zero-order valence-corrected chi connectivity index (χ0v) is 18.8. The minimum Gasteiger partial charge on any atom is -0.354 e. The number of piperazine rings is 1. The summed E-state index contributed by atoms with van der Waals surface area (Å²) in [6.45, 7) is 11.4. The lowest BCUT2D eigenvalue weighted by Crippen LogP contribution is -2.48. The van der Waals surface area contributed by atoms with Gasteiger partial charge in [-0.3, -0.25) is 9.69 Å². The molecule has 8 heteroatoms. The Labute approximate surface area is 181 Å². The molecule has 0 atom stereocenters. The average Bonchev–Trinajstić information content (AvgIpc) is 2.75. The van der Waals surface area contributed by atoms with Gasteiger partial charge >= 0.3 is 0 Å². The number of aryl methyl sites for hydroxylation is 1. The van der Waals surface area contributed by atoms with Crippen molar-refractivity contribution in [2.75, 3.05) is 51.6 Å². The quantitative estimate of drug-likeness (QED) is 0.613. The Morgan fingerprint density at radius 3 is 2.48 bits per heavy atom. The van der Waals surface area contributed by atoms with Crippen LogP contribution < -0.4 is 5.32 Å². The van der Waals surface area contributed by atoms with Crippen molar-refractivity contribution >= 4 is 29.4 Å². The number of thioether (sulfide) groups is 1. The van der Waals surface area contributed by atoms with E-state index in [2.05, 4.69) is 51.1 Å². The van der Waals surface area contributed by atoms with Crippen LogP contribution in [0.15, 0.2) is 51.6 Å². The third-order valence-corrected chi connectivity index (χ3v) is 7.21. The number of benzene rings is 1. The molecule has 0 bridgehead atoms. The van der Waals surface area contributed by atoms with Crippen LogP contribution in [0.4, 0.5) is 0 Å². The lowest BCUT2D eigenvalue weighted by atomic mass is 10.2. The van der Waals surface area contributed by atoms with Crippen molar-refractivity contribution in [1.82, 2.24) is 25.1 Å². The molecule has 1 aromatic heterocycles. The van der Waals surface area contributed by atoms with E-state index in [-0.39, 0.29) is 5.91 Å². The van der Waals surface area contributed by atoms with Gasteiger partial charge in [0.1, 0.15) is 10.1 Å². The number of nitrogens with zero attached hydrogens (tertiary/aromatic N) is 4. The van der Waals surface area contributed by atoms with Crippen molar-refractivity contribution in [3.63, 3.8) is 0 Å². The second kappa shape index (κ2) is 11.5. The standard InChI is InChI=1S/C21H29N5OS2/c1-3-25-12-14-26(15-13-25)11-10-22-19(27)16-28-20-21(24-9-8-23-20)29-18-7-5-4-6-17(18)2/h4-9H,3,10-16H2,1-2H3,(H,22,27). The minimum atomic E-state index is 0.0414. The van der Waals surface area contributed by atoms with Crippen LogP contribution in [-0.4, -0.2) is 77.2 Å². The third kappa shape index (κ3) is 6.99. The molecule has 1 aliphatic rings. The predicted molar refractivity (Wildman–Crippen MR) is 120 cm³/mol. The number of amides is 1.